The molecule has 1 aliphatic heterocycles. The van der Waals surface area contributed by atoms with Gasteiger partial charge in [0.2, 0.25) is 0 Å². The lowest BCUT2D eigenvalue weighted by Crippen LogP contribution is -2.55. The summed E-state index contributed by atoms with van der Waals surface area (Å²) in [5.41, 5.74) is -1.91. The summed E-state index contributed by atoms with van der Waals surface area (Å²) in [6, 6.07) is 0. The van der Waals surface area contributed by atoms with E-state index in [1.165, 1.54) is 11.2 Å². The summed E-state index contributed by atoms with van der Waals surface area (Å²) < 4.78 is 38.0. The highest BCUT2D eigenvalue weighted by molar-refractivity contribution is 7.87. The van der Waals surface area contributed by atoms with Crippen molar-refractivity contribution >= 4 is 16.2 Å². The standard InChI is InChI=1S/C12H24N2O6S/c1-5-19-11(15)12(4,16)8-13-21(17,18)14-6-9(2)20-10(3)7-14/h9-10,13,16H,5-8H2,1-4H3/t9-,10-,12-/m1/s1. The Morgan fingerprint density at radius 2 is 1.95 bits per heavy atom. The molecule has 0 aromatic heterocycles. The van der Waals surface area contributed by atoms with Gasteiger partial charge in [0.05, 0.1) is 25.4 Å². The highest BCUT2D eigenvalue weighted by Gasteiger charge is 2.36. The SMILES string of the molecule is CCOC(=O)[C@](C)(O)CNS(=O)(=O)N1C[C@@H](C)O[C@H](C)C1. The van der Waals surface area contributed by atoms with Crippen LogP contribution in [0.4, 0.5) is 0 Å². The molecule has 0 amide bonds. The molecule has 0 aliphatic carbocycles. The molecule has 3 atom stereocenters. The Bertz CT molecular complexity index is 454. The second kappa shape index (κ2) is 7.01. The maximum atomic E-state index is 12.2. The summed E-state index contributed by atoms with van der Waals surface area (Å²) in [6.45, 7) is 6.49. The molecule has 1 rings (SSSR count). The Labute approximate surface area is 125 Å². The van der Waals surface area contributed by atoms with Crippen LogP contribution in [0.15, 0.2) is 0 Å². The van der Waals surface area contributed by atoms with Gasteiger partial charge in [-0.3, -0.25) is 0 Å². The van der Waals surface area contributed by atoms with Crippen LogP contribution < -0.4 is 4.72 Å². The lowest BCUT2D eigenvalue weighted by molar-refractivity contribution is -0.162. The Hall–Kier alpha value is -0.740. The third-order valence-electron chi connectivity index (χ3n) is 3.04. The van der Waals surface area contributed by atoms with Crippen LogP contribution in [-0.2, 0) is 24.5 Å². The Morgan fingerprint density at radius 1 is 1.43 bits per heavy atom. The van der Waals surface area contributed by atoms with Crippen molar-refractivity contribution in [3.63, 3.8) is 0 Å². The van der Waals surface area contributed by atoms with Crippen LogP contribution >= 0.6 is 0 Å². The van der Waals surface area contributed by atoms with Crippen molar-refractivity contribution in [2.24, 2.45) is 0 Å². The lowest BCUT2D eigenvalue weighted by Gasteiger charge is -2.34. The van der Waals surface area contributed by atoms with E-state index in [0.717, 1.165) is 0 Å². The molecule has 0 aromatic rings. The molecule has 0 saturated carbocycles. The molecule has 1 aliphatic rings. The second-order valence-electron chi connectivity index (χ2n) is 5.39. The molecule has 0 aromatic carbocycles. The minimum Gasteiger partial charge on any atom is -0.464 e. The van der Waals surface area contributed by atoms with Crippen molar-refractivity contribution in [2.75, 3.05) is 26.2 Å². The van der Waals surface area contributed by atoms with Crippen molar-refractivity contribution < 1.29 is 27.8 Å². The van der Waals surface area contributed by atoms with E-state index in [1.807, 2.05) is 0 Å². The molecule has 2 N–H and O–H groups in total. The first-order valence-electron chi connectivity index (χ1n) is 6.88. The van der Waals surface area contributed by atoms with E-state index in [1.54, 1.807) is 20.8 Å². The van der Waals surface area contributed by atoms with Gasteiger partial charge in [0.25, 0.3) is 10.2 Å². The highest BCUT2D eigenvalue weighted by atomic mass is 32.2. The minimum atomic E-state index is -3.80. The van der Waals surface area contributed by atoms with E-state index in [-0.39, 0.29) is 31.9 Å². The zero-order valence-electron chi connectivity index (χ0n) is 12.8. The summed E-state index contributed by atoms with van der Waals surface area (Å²) in [5.74, 6) is -0.864. The number of esters is 1. The first kappa shape index (κ1) is 18.3. The Balaban J connectivity index is 2.66. The normalized spacial score (nSPS) is 27.1. The van der Waals surface area contributed by atoms with Gasteiger partial charge < -0.3 is 14.6 Å². The van der Waals surface area contributed by atoms with Gasteiger partial charge in [-0.05, 0) is 27.7 Å². The average Bonchev–Trinajstić information content (AvgIpc) is 2.36. The predicted octanol–water partition coefficient (Wildman–Crippen LogP) is -0.756. The summed E-state index contributed by atoms with van der Waals surface area (Å²) in [7, 11) is -3.80. The molecule has 21 heavy (non-hydrogen) atoms. The zero-order valence-corrected chi connectivity index (χ0v) is 13.6. The van der Waals surface area contributed by atoms with Crippen molar-refractivity contribution in [3.8, 4) is 0 Å². The van der Waals surface area contributed by atoms with Gasteiger partial charge in [-0.25, -0.2) is 4.79 Å². The number of carbonyl (C=O) groups excluding carboxylic acids is 1. The molecule has 1 fully saturated rings. The summed E-state index contributed by atoms with van der Waals surface area (Å²) in [5, 5.41) is 9.94. The molecule has 0 bridgehead atoms. The number of hydrogen-bond donors (Lipinski definition) is 2. The number of carbonyl (C=O) groups is 1. The van der Waals surface area contributed by atoms with Crippen molar-refractivity contribution in [2.45, 2.75) is 45.5 Å². The minimum absolute atomic E-state index is 0.111. The van der Waals surface area contributed by atoms with Gasteiger partial charge in [-0.2, -0.15) is 17.4 Å². The summed E-state index contributed by atoms with van der Waals surface area (Å²) >= 11 is 0. The van der Waals surface area contributed by atoms with Crippen LogP contribution in [0, 0.1) is 0 Å². The zero-order chi connectivity index (χ0) is 16.3. The molecule has 0 unspecified atom stereocenters. The van der Waals surface area contributed by atoms with E-state index in [4.69, 9.17) is 9.47 Å². The second-order valence-corrected chi connectivity index (χ2v) is 7.15. The van der Waals surface area contributed by atoms with Gasteiger partial charge in [0.1, 0.15) is 0 Å². The van der Waals surface area contributed by atoms with E-state index in [9.17, 15) is 18.3 Å². The Kier molecular flexibility index (Phi) is 6.11. The molecule has 9 heteroatoms. The first-order valence-corrected chi connectivity index (χ1v) is 8.32. The largest absolute Gasteiger partial charge is 0.464 e. The lowest BCUT2D eigenvalue weighted by atomic mass is 10.1. The van der Waals surface area contributed by atoms with E-state index in [2.05, 4.69) is 4.72 Å². The molecule has 1 saturated heterocycles. The number of aliphatic hydroxyl groups is 1. The maximum Gasteiger partial charge on any atom is 0.339 e. The maximum absolute atomic E-state index is 12.2. The Morgan fingerprint density at radius 3 is 2.43 bits per heavy atom. The fraction of sp³-hybridized carbons (Fsp3) is 0.917. The molecule has 0 spiro atoms. The van der Waals surface area contributed by atoms with E-state index < -0.39 is 28.3 Å². The van der Waals surface area contributed by atoms with Gasteiger partial charge >= 0.3 is 5.97 Å². The van der Waals surface area contributed by atoms with Crippen LogP contribution in [0.1, 0.15) is 27.7 Å². The van der Waals surface area contributed by atoms with Crippen LogP contribution in [0.2, 0.25) is 0 Å². The topological polar surface area (TPSA) is 105 Å². The number of nitrogens with zero attached hydrogens (tertiary/aromatic N) is 1. The van der Waals surface area contributed by atoms with Crippen LogP contribution in [0.5, 0.6) is 0 Å². The molecular formula is C12H24N2O6S. The van der Waals surface area contributed by atoms with Gasteiger partial charge in [0, 0.05) is 13.1 Å². The van der Waals surface area contributed by atoms with Crippen molar-refractivity contribution in [1.29, 1.82) is 0 Å². The van der Waals surface area contributed by atoms with Crippen LogP contribution in [0.25, 0.3) is 0 Å². The van der Waals surface area contributed by atoms with Crippen LogP contribution in [-0.4, -0.2) is 67.8 Å². The molecule has 8 nitrogen and oxygen atoms in total. The van der Waals surface area contributed by atoms with Crippen molar-refractivity contribution in [3.05, 3.63) is 0 Å². The molecule has 124 valence electrons. The molecular weight excluding hydrogens is 300 g/mol. The predicted molar refractivity (Wildman–Crippen MR) is 75.8 cm³/mol. The highest BCUT2D eigenvalue weighted by Crippen LogP contribution is 2.14. The number of rotatable bonds is 6. The molecule has 1 heterocycles. The van der Waals surface area contributed by atoms with Crippen LogP contribution in [0.3, 0.4) is 0 Å². The van der Waals surface area contributed by atoms with E-state index >= 15 is 0 Å². The third-order valence-corrected chi connectivity index (χ3v) is 4.53. The first-order chi connectivity index (χ1) is 9.58. The number of hydrogen-bond acceptors (Lipinski definition) is 6. The smallest absolute Gasteiger partial charge is 0.339 e. The van der Waals surface area contributed by atoms with Gasteiger partial charge in [0.15, 0.2) is 5.60 Å². The fourth-order valence-electron chi connectivity index (χ4n) is 2.01. The molecule has 0 radical (unpaired) electrons. The fourth-order valence-corrected chi connectivity index (χ4v) is 3.47. The number of ether oxygens (including phenoxy) is 2. The summed E-state index contributed by atoms with van der Waals surface area (Å²) in [6.07, 6.45) is -0.424. The van der Waals surface area contributed by atoms with E-state index in [0.29, 0.717) is 0 Å². The monoisotopic (exact) mass is 324 g/mol. The van der Waals surface area contributed by atoms with Crippen molar-refractivity contribution in [1.82, 2.24) is 9.03 Å². The summed E-state index contributed by atoms with van der Waals surface area (Å²) in [4.78, 5) is 11.5. The average molecular weight is 324 g/mol. The van der Waals surface area contributed by atoms with Gasteiger partial charge in [-0.15, -0.1) is 0 Å². The number of nitrogens with one attached hydrogen (secondary N) is 1. The third kappa shape index (κ3) is 5.19. The quantitative estimate of drug-likeness (QED) is 0.623. The number of morpholine rings is 1. The van der Waals surface area contributed by atoms with Gasteiger partial charge in [-0.1, -0.05) is 0 Å².